The Balaban J connectivity index is 3.15. The van der Waals surface area contributed by atoms with Crippen molar-refractivity contribution >= 4 is 5.91 Å². The van der Waals surface area contributed by atoms with Gasteiger partial charge in [-0.25, -0.2) is 0 Å². The van der Waals surface area contributed by atoms with Crippen molar-refractivity contribution in [2.24, 2.45) is 7.05 Å². The molecule has 5 nitrogen and oxygen atoms in total. The molecular formula is C12H18N4O. The standard InChI is InChI=1S/C12H18N4O/c1-8(2)16(7-6-13)12(17)11-9(3)14-15(5)10(11)4/h8H,7H2,1-5H3. The van der Waals surface area contributed by atoms with Crippen molar-refractivity contribution in [3.05, 3.63) is 17.0 Å². The molecule has 0 radical (unpaired) electrons. The van der Waals surface area contributed by atoms with Crippen LogP contribution < -0.4 is 0 Å². The van der Waals surface area contributed by atoms with Gasteiger partial charge in [-0.2, -0.15) is 10.4 Å². The summed E-state index contributed by atoms with van der Waals surface area (Å²) >= 11 is 0. The van der Waals surface area contributed by atoms with Crippen molar-refractivity contribution in [3.8, 4) is 6.07 Å². The predicted octanol–water partition coefficient (Wildman–Crippen LogP) is 1.41. The van der Waals surface area contributed by atoms with Crippen LogP contribution in [0.1, 0.15) is 35.6 Å². The SMILES string of the molecule is Cc1nn(C)c(C)c1C(=O)N(CC#N)C(C)C. The minimum Gasteiger partial charge on any atom is -0.323 e. The van der Waals surface area contributed by atoms with Gasteiger partial charge >= 0.3 is 0 Å². The molecule has 1 aromatic rings. The summed E-state index contributed by atoms with van der Waals surface area (Å²) in [7, 11) is 1.81. The quantitative estimate of drug-likeness (QED) is 0.743. The molecule has 0 aliphatic heterocycles. The van der Waals surface area contributed by atoms with Gasteiger partial charge in [-0.05, 0) is 27.7 Å². The Morgan fingerprint density at radius 2 is 2.12 bits per heavy atom. The largest absolute Gasteiger partial charge is 0.323 e. The second-order valence-corrected chi connectivity index (χ2v) is 4.35. The third-order valence-corrected chi connectivity index (χ3v) is 2.85. The van der Waals surface area contributed by atoms with E-state index in [4.69, 9.17) is 5.26 Å². The lowest BCUT2D eigenvalue weighted by molar-refractivity contribution is 0.0730. The number of hydrogen-bond acceptors (Lipinski definition) is 3. The van der Waals surface area contributed by atoms with Crippen molar-refractivity contribution < 1.29 is 4.79 Å². The van der Waals surface area contributed by atoms with E-state index < -0.39 is 0 Å². The molecule has 0 N–H and O–H groups in total. The topological polar surface area (TPSA) is 61.9 Å². The number of nitriles is 1. The molecule has 0 saturated carbocycles. The first-order valence-corrected chi connectivity index (χ1v) is 5.58. The van der Waals surface area contributed by atoms with Gasteiger partial charge in [0.05, 0.1) is 17.3 Å². The Morgan fingerprint density at radius 3 is 2.47 bits per heavy atom. The van der Waals surface area contributed by atoms with Crippen LogP contribution in [0.15, 0.2) is 0 Å². The summed E-state index contributed by atoms with van der Waals surface area (Å²) in [6.07, 6.45) is 0. The summed E-state index contributed by atoms with van der Waals surface area (Å²) in [5.74, 6) is -0.121. The maximum absolute atomic E-state index is 12.4. The molecule has 0 saturated heterocycles. The summed E-state index contributed by atoms with van der Waals surface area (Å²) < 4.78 is 1.69. The van der Waals surface area contributed by atoms with Crippen LogP contribution in [-0.4, -0.2) is 33.2 Å². The maximum atomic E-state index is 12.4. The lowest BCUT2D eigenvalue weighted by atomic mass is 10.1. The highest BCUT2D eigenvalue weighted by Gasteiger charge is 2.24. The van der Waals surface area contributed by atoms with Crippen LogP contribution >= 0.6 is 0 Å². The Kier molecular flexibility index (Phi) is 3.89. The normalized spacial score (nSPS) is 10.4. The minimum atomic E-state index is -0.121. The van der Waals surface area contributed by atoms with Crippen LogP contribution in [0.4, 0.5) is 0 Å². The molecule has 0 spiro atoms. The molecule has 1 heterocycles. The van der Waals surface area contributed by atoms with Crippen LogP contribution in [0.25, 0.3) is 0 Å². The fourth-order valence-electron chi connectivity index (χ4n) is 1.79. The minimum absolute atomic E-state index is 0.00107. The Bertz CT molecular complexity index is 468. The number of aryl methyl sites for hydroxylation is 2. The average molecular weight is 234 g/mol. The lowest BCUT2D eigenvalue weighted by Gasteiger charge is -2.23. The molecule has 0 aliphatic carbocycles. The van der Waals surface area contributed by atoms with E-state index in [0.717, 1.165) is 5.69 Å². The van der Waals surface area contributed by atoms with Crippen molar-refractivity contribution in [2.75, 3.05) is 6.54 Å². The molecule has 0 aliphatic rings. The van der Waals surface area contributed by atoms with E-state index in [-0.39, 0.29) is 18.5 Å². The van der Waals surface area contributed by atoms with Crippen molar-refractivity contribution in [2.45, 2.75) is 33.7 Å². The molecule has 0 atom stereocenters. The van der Waals surface area contributed by atoms with Gasteiger partial charge in [0, 0.05) is 18.8 Å². The fraction of sp³-hybridized carbons (Fsp3) is 0.583. The first-order valence-electron chi connectivity index (χ1n) is 5.58. The molecule has 5 heteroatoms. The Hall–Kier alpha value is -1.83. The highest BCUT2D eigenvalue weighted by atomic mass is 16.2. The number of rotatable bonds is 3. The maximum Gasteiger partial charge on any atom is 0.258 e. The second kappa shape index (κ2) is 5.00. The number of nitrogens with zero attached hydrogens (tertiary/aromatic N) is 4. The number of hydrogen-bond donors (Lipinski definition) is 0. The van der Waals surface area contributed by atoms with E-state index in [2.05, 4.69) is 5.10 Å². The summed E-state index contributed by atoms with van der Waals surface area (Å²) in [4.78, 5) is 13.9. The molecule has 1 rings (SSSR count). The van der Waals surface area contributed by atoms with Gasteiger partial charge in [0.15, 0.2) is 0 Å². The molecule has 0 unspecified atom stereocenters. The van der Waals surface area contributed by atoms with Crippen molar-refractivity contribution in [3.63, 3.8) is 0 Å². The molecule has 17 heavy (non-hydrogen) atoms. The smallest absolute Gasteiger partial charge is 0.258 e. The summed E-state index contributed by atoms with van der Waals surface area (Å²) in [6.45, 7) is 7.57. The van der Waals surface area contributed by atoms with Gasteiger partial charge in [0.25, 0.3) is 5.91 Å². The van der Waals surface area contributed by atoms with Crippen molar-refractivity contribution in [1.29, 1.82) is 5.26 Å². The van der Waals surface area contributed by atoms with E-state index in [1.54, 1.807) is 9.58 Å². The molecule has 0 fully saturated rings. The van der Waals surface area contributed by atoms with E-state index in [1.807, 2.05) is 40.8 Å². The third kappa shape index (κ3) is 2.47. The second-order valence-electron chi connectivity index (χ2n) is 4.35. The van der Waals surface area contributed by atoms with Crippen LogP contribution in [0.3, 0.4) is 0 Å². The molecule has 1 aromatic heterocycles. The highest BCUT2D eigenvalue weighted by molar-refractivity contribution is 5.96. The van der Waals surface area contributed by atoms with Crippen LogP contribution in [0.5, 0.6) is 0 Å². The predicted molar refractivity (Wildman–Crippen MR) is 64.5 cm³/mol. The summed E-state index contributed by atoms with van der Waals surface area (Å²) in [5, 5.41) is 13.0. The first kappa shape index (κ1) is 13.2. The Labute approximate surface area is 102 Å². The van der Waals surface area contributed by atoms with Gasteiger partial charge in [-0.3, -0.25) is 9.48 Å². The first-order chi connectivity index (χ1) is 7.90. The van der Waals surface area contributed by atoms with Gasteiger partial charge in [0.1, 0.15) is 6.54 Å². The number of amides is 1. The van der Waals surface area contributed by atoms with E-state index in [9.17, 15) is 4.79 Å². The van der Waals surface area contributed by atoms with Gasteiger partial charge in [0.2, 0.25) is 0 Å². The number of aromatic nitrogens is 2. The highest BCUT2D eigenvalue weighted by Crippen LogP contribution is 2.16. The molecule has 0 bridgehead atoms. The molecule has 1 amide bonds. The Morgan fingerprint density at radius 1 is 1.53 bits per heavy atom. The number of carbonyl (C=O) groups excluding carboxylic acids is 1. The van der Waals surface area contributed by atoms with E-state index in [1.165, 1.54) is 0 Å². The van der Waals surface area contributed by atoms with Crippen LogP contribution in [0, 0.1) is 25.2 Å². The lowest BCUT2D eigenvalue weighted by Crippen LogP contribution is -2.37. The van der Waals surface area contributed by atoms with Crippen molar-refractivity contribution in [1.82, 2.24) is 14.7 Å². The zero-order valence-corrected chi connectivity index (χ0v) is 11.0. The summed E-state index contributed by atoms with van der Waals surface area (Å²) in [6, 6.07) is 2.02. The van der Waals surface area contributed by atoms with E-state index in [0.29, 0.717) is 11.3 Å². The van der Waals surface area contributed by atoms with Crippen LogP contribution in [0.2, 0.25) is 0 Å². The average Bonchev–Trinajstić information content (AvgIpc) is 2.48. The number of carbonyl (C=O) groups is 1. The van der Waals surface area contributed by atoms with Gasteiger partial charge in [-0.1, -0.05) is 0 Å². The zero-order valence-electron chi connectivity index (χ0n) is 11.0. The monoisotopic (exact) mass is 234 g/mol. The molecular weight excluding hydrogens is 216 g/mol. The molecule has 0 aromatic carbocycles. The van der Waals surface area contributed by atoms with E-state index >= 15 is 0 Å². The van der Waals surface area contributed by atoms with Crippen LogP contribution in [-0.2, 0) is 7.05 Å². The van der Waals surface area contributed by atoms with Gasteiger partial charge < -0.3 is 4.90 Å². The molecule has 92 valence electrons. The third-order valence-electron chi connectivity index (χ3n) is 2.85. The summed E-state index contributed by atoms with van der Waals surface area (Å²) in [5.41, 5.74) is 2.14. The van der Waals surface area contributed by atoms with Gasteiger partial charge in [-0.15, -0.1) is 0 Å². The fourth-order valence-corrected chi connectivity index (χ4v) is 1.79. The zero-order chi connectivity index (χ0) is 13.2.